The summed E-state index contributed by atoms with van der Waals surface area (Å²) in [6.45, 7) is 6.00. The summed E-state index contributed by atoms with van der Waals surface area (Å²) in [4.78, 5) is 23.2. The first-order valence-electron chi connectivity index (χ1n) is 11.5. The Morgan fingerprint density at radius 2 is 1.25 bits per heavy atom. The predicted octanol–water partition coefficient (Wildman–Crippen LogP) is 3.34. The Morgan fingerprint density at radius 1 is 0.694 bits per heavy atom. The number of fused-ring (bicyclic) bond motifs is 1. The van der Waals surface area contributed by atoms with Gasteiger partial charge in [-0.1, -0.05) is 48.5 Å². The molecule has 0 amide bonds. The van der Waals surface area contributed by atoms with Crippen molar-refractivity contribution < 1.29 is 34.0 Å². The number of ether oxygens (including phenoxy) is 3. The molecule has 0 atom stereocenters. The molecule has 9 nitrogen and oxygen atoms in total. The van der Waals surface area contributed by atoms with Gasteiger partial charge in [0.15, 0.2) is 11.5 Å². The normalized spacial score (nSPS) is 14.0. The van der Waals surface area contributed by atoms with E-state index in [2.05, 4.69) is 58.3 Å². The summed E-state index contributed by atoms with van der Waals surface area (Å²) >= 11 is 0. The van der Waals surface area contributed by atoms with Crippen LogP contribution in [-0.2, 0) is 22.7 Å². The number of benzene rings is 3. The summed E-state index contributed by atoms with van der Waals surface area (Å²) in [5.74, 6) is -1.54. The van der Waals surface area contributed by atoms with Gasteiger partial charge in [0.25, 0.3) is 0 Å². The number of hydrogen-bond acceptors (Lipinski definition) is 7. The van der Waals surface area contributed by atoms with Crippen molar-refractivity contribution in [2.45, 2.75) is 13.1 Å². The first-order valence-corrected chi connectivity index (χ1v) is 11.5. The highest BCUT2D eigenvalue weighted by atomic mass is 16.5. The minimum Gasteiger partial charge on any atom is -0.493 e. The van der Waals surface area contributed by atoms with Crippen molar-refractivity contribution in [1.29, 1.82) is 0 Å². The van der Waals surface area contributed by atoms with Crippen molar-refractivity contribution >= 4 is 22.7 Å². The largest absolute Gasteiger partial charge is 0.493 e. The molecule has 2 N–H and O–H groups in total. The highest BCUT2D eigenvalue weighted by molar-refractivity contribution is 6.27. The smallest absolute Gasteiger partial charge is 0.414 e. The van der Waals surface area contributed by atoms with Gasteiger partial charge in [0.2, 0.25) is 5.75 Å². The monoisotopic (exact) mass is 496 g/mol. The van der Waals surface area contributed by atoms with Crippen molar-refractivity contribution in [2.24, 2.45) is 0 Å². The molecular formula is C27H32N2O7. The van der Waals surface area contributed by atoms with Crippen molar-refractivity contribution in [3.8, 4) is 17.2 Å². The zero-order valence-electron chi connectivity index (χ0n) is 20.8. The Bertz CT molecular complexity index is 1170. The highest BCUT2D eigenvalue weighted by Crippen LogP contribution is 2.40. The number of rotatable bonds is 7. The van der Waals surface area contributed by atoms with E-state index in [1.54, 1.807) is 21.3 Å². The minimum atomic E-state index is -1.82. The molecule has 36 heavy (non-hydrogen) atoms. The van der Waals surface area contributed by atoms with Gasteiger partial charge in [0, 0.05) is 44.8 Å². The van der Waals surface area contributed by atoms with Crippen LogP contribution in [0.15, 0.2) is 54.6 Å². The van der Waals surface area contributed by atoms with E-state index in [4.69, 9.17) is 34.0 Å². The quantitative estimate of drug-likeness (QED) is 0.476. The van der Waals surface area contributed by atoms with Crippen LogP contribution in [-0.4, -0.2) is 79.5 Å². The standard InChI is InChI=1S/C25H30N2O3.C2H2O4/c1-28-23-12-11-21(24(29-2)25(23)30-3)18-27-15-13-26(14-16-27)17-20-9-6-8-19-7-4-5-10-22(19)20;3-1(4)2(5)6/h4-12H,13-18H2,1-3H3;(H,3,4)(H,5,6). The number of nitrogens with zero attached hydrogens (tertiary/aromatic N) is 2. The molecule has 3 aromatic carbocycles. The van der Waals surface area contributed by atoms with Crippen LogP contribution >= 0.6 is 0 Å². The maximum absolute atomic E-state index is 9.10. The fourth-order valence-electron chi connectivity index (χ4n) is 4.31. The van der Waals surface area contributed by atoms with Crippen molar-refractivity contribution in [1.82, 2.24) is 9.80 Å². The molecule has 0 radical (unpaired) electrons. The first kappa shape index (κ1) is 26.8. The third kappa shape index (κ3) is 6.65. The number of methoxy groups -OCH3 is 3. The lowest BCUT2D eigenvalue weighted by atomic mass is 10.0. The molecule has 1 heterocycles. The van der Waals surface area contributed by atoms with Gasteiger partial charge in [-0.05, 0) is 22.4 Å². The van der Waals surface area contributed by atoms with Crippen LogP contribution in [0.4, 0.5) is 0 Å². The average Bonchev–Trinajstić information content (AvgIpc) is 2.90. The molecule has 0 bridgehead atoms. The van der Waals surface area contributed by atoms with E-state index in [0.29, 0.717) is 11.5 Å². The minimum absolute atomic E-state index is 0.659. The van der Waals surface area contributed by atoms with E-state index in [0.717, 1.165) is 50.6 Å². The van der Waals surface area contributed by atoms with Gasteiger partial charge < -0.3 is 24.4 Å². The van der Waals surface area contributed by atoms with E-state index in [1.807, 2.05) is 6.07 Å². The molecule has 192 valence electrons. The molecule has 0 aliphatic carbocycles. The van der Waals surface area contributed by atoms with Gasteiger partial charge in [0.05, 0.1) is 21.3 Å². The van der Waals surface area contributed by atoms with Crippen molar-refractivity contribution in [3.63, 3.8) is 0 Å². The van der Waals surface area contributed by atoms with E-state index in [-0.39, 0.29) is 0 Å². The molecule has 0 aromatic heterocycles. The van der Waals surface area contributed by atoms with Crippen LogP contribution < -0.4 is 14.2 Å². The van der Waals surface area contributed by atoms with Crippen LogP contribution in [0.3, 0.4) is 0 Å². The summed E-state index contributed by atoms with van der Waals surface area (Å²) in [6, 6.07) is 19.3. The Hall–Kier alpha value is -3.82. The maximum atomic E-state index is 9.10. The summed E-state index contributed by atoms with van der Waals surface area (Å²) in [5.41, 5.74) is 2.53. The van der Waals surface area contributed by atoms with E-state index >= 15 is 0 Å². The maximum Gasteiger partial charge on any atom is 0.414 e. The molecule has 0 spiro atoms. The fourth-order valence-corrected chi connectivity index (χ4v) is 4.31. The number of carboxylic acids is 2. The van der Waals surface area contributed by atoms with Crippen molar-refractivity contribution in [3.05, 3.63) is 65.7 Å². The molecule has 4 rings (SSSR count). The van der Waals surface area contributed by atoms with Gasteiger partial charge in [-0.3, -0.25) is 9.80 Å². The lowest BCUT2D eigenvalue weighted by Crippen LogP contribution is -2.45. The zero-order chi connectivity index (χ0) is 26.1. The van der Waals surface area contributed by atoms with E-state index in [9.17, 15) is 0 Å². The lowest BCUT2D eigenvalue weighted by Gasteiger charge is -2.35. The number of piperazine rings is 1. The van der Waals surface area contributed by atoms with Crippen LogP contribution in [0.2, 0.25) is 0 Å². The zero-order valence-corrected chi connectivity index (χ0v) is 20.8. The van der Waals surface area contributed by atoms with Crippen LogP contribution in [0.1, 0.15) is 11.1 Å². The Labute approximate surface area is 210 Å². The molecule has 1 saturated heterocycles. The number of aliphatic carboxylic acids is 2. The van der Waals surface area contributed by atoms with Gasteiger partial charge >= 0.3 is 11.9 Å². The topological polar surface area (TPSA) is 109 Å². The molecule has 0 unspecified atom stereocenters. The van der Waals surface area contributed by atoms with Crippen LogP contribution in [0.5, 0.6) is 17.2 Å². The van der Waals surface area contributed by atoms with Crippen LogP contribution in [0, 0.1) is 0 Å². The van der Waals surface area contributed by atoms with E-state index < -0.39 is 11.9 Å². The second-order valence-electron chi connectivity index (χ2n) is 8.29. The number of carbonyl (C=O) groups is 2. The second-order valence-corrected chi connectivity index (χ2v) is 8.29. The van der Waals surface area contributed by atoms with Gasteiger partial charge in [0.1, 0.15) is 0 Å². The Kier molecular flexibility index (Phi) is 9.49. The SMILES string of the molecule is COc1ccc(CN2CCN(Cc3cccc4ccccc34)CC2)c(OC)c1OC.O=C(O)C(=O)O. The van der Waals surface area contributed by atoms with Gasteiger partial charge in [-0.25, -0.2) is 9.59 Å². The number of hydrogen-bond donors (Lipinski definition) is 2. The fraction of sp³-hybridized carbons (Fsp3) is 0.333. The molecule has 1 aliphatic rings. The highest BCUT2D eigenvalue weighted by Gasteiger charge is 2.21. The lowest BCUT2D eigenvalue weighted by molar-refractivity contribution is -0.159. The second kappa shape index (κ2) is 12.8. The Morgan fingerprint density at radius 3 is 1.81 bits per heavy atom. The molecule has 3 aromatic rings. The molecule has 0 saturated carbocycles. The summed E-state index contributed by atoms with van der Waals surface area (Å²) in [5, 5.41) is 17.5. The summed E-state index contributed by atoms with van der Waals surface area (Å²) < 4.78 is 16.6. The van der Waals surface area contributed by atoms with Crippen molar-refractivity contribution in [2.75, 3.05) is 47.5 Å². The van der Waals surface area contributed by atoms with Gasteiger partial charge in [-0.15, -0.1) is 0 Å². The molecular weight excluding hydrogens is 464 g/mol. The molecule has 9 heteroatoms. The van der Waals surface area contributed by atoms with Gasteiger partial charge in [-0.2, -0.15) is 0 Å². The molecule has 1 aliphatic heterocycles. The van der Waals surface area contributed by atoms with E-state index in [1.165, 1.54) is 16.3 Å². The summed E-state index contributed by atoms with van der Waals surface area (Å²) in [7, 11) is 4.98. The average molecular weight is 497 g/mol. The number of carboxylic acid groups (broad SMARTS) is 2. The summed E-state index contributed by atoms with van der Waals surface area (Å²) in [6.07, 6.45) is 0. The van der Waals surface area contributed by atoms with Crippen LogP contribution in [0.25, 0.3) is 10.8 Å². The third-order valence-corrected chi connectivity index (χ3v) is 6.10. The first-order chi connectivity index (χ1) is 17.4. The predicted molar refractivity (Wildman–Crippen MR) is 136 cm³/mol. The Balaban J connectivity index is 0.000000538. The molecule has 1 fully saturated rings. The third-order valence-electron chi connectivity index (χ3n) is 6.10.